The normalized spacial score (nSPS) is 21.7. The molecule has 2 atom stereocenters. The van der Waals surface area contributed by atoms with E-state index in [4.69, 9.17) is 23.2 Å². The maximum atomic E-state index is 13.5. The standard InChI is InChI=1S/C29H33Cl2N3O2/c1-19-16-32-27-5-3-2-4-24(27)28(19)29(36)33-12-9-23(10-13-33)34-11-8-21(22(17-34)18-35)14-20-6-7-25(30)26(31)15-20/h2-7,15-16,21-23,35H,8-14,17-18H2,1H3/t21?,22-/m0/s1. The zero-order chi connectivity index (χ0) is 25.2. The minimum Gasteiger partial charge on any atom is -0.396 e. The molecule has 0 aliphatic carbocycles. The Balaban J connectivity index is 1.20. The van der Waals surface area contributed by atoms with Gasteiger partial charge in [0.05, 0.1) is 21.1 Å². The lowest BCUT2D eigenvalue weighted by Gasteiger charge is -2.44. The topological polar surface area (TPSA) is 56.7 Å². The number of halogens is 2. The Morgan fingerprint density at radius 3 is 2.56 bits per heavy atom. The highest BCUT2D eigenvalue weighted by Gasteiger charge is 2.34. The van der Waals surface area contributed by atoms with Crippen LogP contribution in [0.2, 0.25) is 10.0 Å². The van der Waals surface area contributed by atoms with Crippen LogP contribution in [0.25, 0.3) is 10.9 Å². The van der Waals surface area contributed by atoms with Crippen LogP contribution < -0.4 is 0 Å². The minimum atomic E-state index is 0.109. The largest absolute Gasteiger partial charge is 0.396 e. The average Bonchev–Trinajstić information content (AvgIpc) is 2.90. The van der Waals surface area contributed by atoms with E-state index >= 15 is 0 Å². The SMILES string of the molecule is Cc1cnc2ccccc2c1C(=O)N1CCC(N2CCC(Cc3ccc(Cl)c(Cl)c3)[C@H](CO)C2)CC1. The van der Waals surface area contributed by atoms with Crippen LogP contribution in [0.5, 0.6) is 0 Å². The van der Waals surface area contributed by atoms with Crippen LogP contribution in [-0.4, -0.2) is 64.6 Å². The predicted octanol–water partition coefficient (Wildman–Crippen LogP) is 5.63. The molecule has 36 heavy (non-hydrogen) atoms. The fourth-order valence-electron chi connectivity index (χ4n) is 6.00. The highest BCUT2D eigenvalue weighted by Crippen LogP contribution is 2.32. The molecule has 1 N–H and O–H groups in total. The minimum absolute atomic E-state index is 0.109. The van der Waals surface area contributed by atoms with Crippen molar-refractivity contribution >= 4 is 40.0 Å². The number of nitrogens with zero attached hydrogens (tertiary/aromatic N) is 3. The molecular formula is C29H33Cl2N3O2. The summed E-state index contributed by atoms with van der Waals surface area (Å²) in [6.07, 6.45) is 5.68. The number of benzene rings is 2. The number of rotatable bonds is 5. The maximum absolute atomic E-state index is 13.5. The van der Waals surface area contributed by atoms with Crippen molar-refractivity contribution in [3.05, 3.63) is 75.4 Å². The van der Waals surface area contributed by atoms with Crippen molar-refractivity contribution in [1.29, 1.82) is 0 Å². The molecule has 7 heteroatoms. The average molecular weight is 527 g/mol. The van der Waals surface area contributed by atoms with E-state index in [-0.39, 0.29) is 18.4 Å². The van der Waals surface area contributed by atoms with Gasteiger partial charge in [-0.2, -0.15) is 0 Å². The molecular weight excluding hydrogens is 493 g/mol. The summed E-state index contributed by atoms with van der Waals surface area (Å²) in [5, 5.41) is 12.3. The summed E-state index contributed by atoms with van der Waals surface area (Å²) < 4.78 is 0. The van der Waals surface area contributed by atoms with Crippen LogP contribution in [0.4, 0.5) is 0 Å². The van der Waals surface area contributed by atoms with Gasteiger partial charge in [0.1, 0.15) is 0 Å². The Bertz CT molecular complexity index is 1240. The number of hydrogen-bond acceptors (Lipinski definition) is 4. The van der Waals surface area contributed by atoms with Crippen molar-refractivity contribution in [1.82, 2.24) is 14.8 Å². The van der Waals surface area contributed by atoms with Gasteiger partial charge in [0, 0.05) is 43.9 Å². The Labute approximate surface area is 223 Å². The molecule has 0 saturated carbocycles. The van der Waals surface area contributed by atoms with Crippen LogP contribution in [-0.2, 0) is 6.42 Å². The number of likely N-dealkylation sites (tertiary alicyclic amines) is 2. The number of pyridine rings is 1. The molecule has 2 saturated heterocycles. The Hall–Kier alpha value is -2.18. The first-order chi connectivity index (χ1) is 17.4. The number of para-hydroxylation sites is 1. The van der Waals surface area contributed by atoms with E-state index in [9.17, 15) is 9.90 Å². The number of carbonyl (C=O) groups excluding carboxylic acids is 1. The van der Waals surface area contributed by atoms with Crippen LogP contribution in [0.15, 0.2) is 48.7 Å². The van der Waals surface area contributed by atoms with Gasteiger partial charge < -0.3 is 10.0 Å². The van der Waals surface area contributed by atoms with Gasteiger partial charge in [0.2, 0.25) is 0 Å². The van der Waals surface area contributed by atoms with Gasteiger partial charge in [-0.05, 0) is 80.3 Å². The van der Waals surface area contributed by atoms with Gasteiger partial charge in [-0.15, -0.1) is 0 Å². The second-order valence-corrected chi connectivity index (χ2v) is 11.1. The van der Waals surface area contributed by atoms with E-state index in [1.54, 1.807) is 6.20 Å². The van der Waals surface area contributed by atoms with Gasteiger partial charge in [-0.3, -0.25) is 14.7 Å². The molecule has 2 aliphatic rings. The monoisotopic (exact) mass is 525 g/mol. The van der Waals surface area contributed by atoms with Gasteiger partial charge in [-0.1, -0.05) is 47.5 Å². The predicted molar refractivity (Wildman–Crippen MR) is 146 cm³/mol. The van der Waals surface area contributed by atoms with Crippen LogP contribution >= 0.6 is 23.2 Å². The van der Waals surface area contributed by atoms with Crippen LogP contribution in [0.1, 0.15) is 40.7 Å². The van der Waals surface area contributed by atoms with Crippen molar-refractivity contribution in [3.8, 4) is 0 Å². The molecule has 2 fully saturated rings. The molecule has 5 nitrogen and oxygen atoms in total. The quantitative estimate of drug-likeness (QED) is 0.469. The molecule has 0 radical (unpaired) electrons. The van der Waals surface area contributed by atoms with Crippen molar-refractivity contribution in [3.63, 3.8) is 0 Å². The first-order valence-corrected chi connectivity index (χ1v) is 13.6. The molecule has 3 heterocycles. The lowest BCUT2D eigenvalue weighted by atomic mass is 9.80. The molecule has 1 amide bonds. The second-order valence-electron chi connectivity index (χ2n) is 10.3. The summed E-state index contributed by atoms with van der Waals surface area (Å²) in [7, 11) is 0. The first kappa shape index (κ1) is 25.5. The number of fused-ring (bicyclic) bond motifs is 1. The van der Waals surface area contributed by atoms with E-state index in [0.29, 0.717) is 22.0 Å². The third-order valence-corrected chi connectivity index (χ3v) is 8.83. The maximum Gasteiger partial charge on any atom is 0.254 e. The van der Waals surface area contributed by atoms with E-state index in [1.807, 2.05) is 54.3 Å². The number of hydrogen-bond donors (Lipinski definition) is 1. The molecule has 0 bridgehead atoms. The highest BCUT2D eigenvalue weighted by atomic mass is 35.5. The third kappa shape index (κ3) is 5.26. The number of amides is 1. The van der Waals surface area contributed by atoms with Gasteiger partial charge in [-0.25, -0.2) is 0 Å². The van der Waals surface area contributed by atoms with E-state index in [1.165, 1.54) is 5.56 Å². The molecule has 2 aromatic carbocycles. The summed E-state index contributed by atoms with van der Waals surface area (Å²) >= 11 is 12.3. The zero-order valence-electron chi connectivity index (χ0n) is 20.7. The first-order valence-electron chi connectivity index (χ1n) is 12.9. The Kier molecular flexibility index (Phi) is 7.82. The number of aryl methyl sites for hydroxylation is 1. The summed E-state index contributed by atoms with van der Waals surface area (Å²) in [6.45, 7) is 5.59. The molecule has 0 spiro atoms. The number of piperidine rings is 2. The Morgan fingerprint density at radius 1 is 1.03 bits per heavy atom. The molecule has 190 valence electrons. The van der Waals surface area contributed by atoms with Gasteiger partial charge in [0.15, 0.2) is 0 Å². The third-order valence-electron chi connectivity index (χ3n) is 8.09. The molecule has 5 rings (SSSR count). The molecule has 1 unspecified atom stereocenters. The van der Waals surface area contributed by atoms with Crippen molar-refractivity contribution in [2.75, 3.05) is 32.8 Å². The smallest absolute Gasteiger partial charge is 0.254 e. The van der Waals surface area contributed by atoms with E-state index < -0.39 is 0 Å². The van der Waals surface area contributed by atoms with Crippen molar-refractivity contribution < 1.29 is 9.90 Å². The summed E-state index contributed by atoms with van der Waals surface area (Å²) in [6, 6.07) is 14.2. The van der Waals surface area contributed by atoms with E-state index in [2.05, 4.69) is 9.88 Å². The fraction of sp³-hybridized carbons (Fsp3) is 0.448. The lowest BCUT2D eigenvalue weighted by Crippen LogP contribution is -2.52. The summed E-state index contributed by atoms with van der Waals surface area (Å²) in [4.78, 5) is 22.5. The van der Waals surface area contributed by atoms with Crippen molar-refractivity contribution in [2.45, 2.75) is 38.6 Å². The van der Waals surface area contributed by atoms with Crippen LogP contribution in [0.3, 0.4) is 0 Å². The number of carbonyl (C=O) groups is 1. The van der Waals surface area contributed by atoms with Crippen molar-refractivity contribution in [2.24, 2.45) is 11.8 Å². The number of aliphatic hydroxyl groups is 1. The summed E-state index contributed by atoms with van der Waals surface area (Å²) in [5.41, 5.74) is 3.74. The van der Waals surface area contributed by atoms with Gasteiger partial charge >= 0.3 is 0 Å². The molecule has 1 aromatic heterocycles. The highest BCUT2D eigenvalue weighted by molar-refractivity contribution is 6.42. The fourth-order valence-corrected chi connectivity index (χ4v) is 6.32. The summed E-state index contributed by atoms with van der Waals surface area (Å²) in [5.74, 6) is 0.768. The van der Waals surface area contributed by atoms with E-state index in [0.717, 1.165) is 73.9 Å². The van der Waals surface area contributed by atoms with Crippen LogP contribution in [0, 0.1) is 18.8 Å². The Morgan fingerprint density at radius 2 is 1.81 bits per heavy atom. The lowest BCUT2D eigenvalue weighted by molar-refractivity contribution is 0.0242. The molecule has 3 aromatic rings. The number of aromatic nitrogens is 1. The second kappa shape index (κ2) is 11.1. The molecule has 2 aliphatic heterocycles. The number of aliphatic hydroxyl groups excluding tert-OH is 1. The van der Waals surface area contributed by atoms with Gasteiger partial charge in [0.25, 0.3) is 5.91 Å². The zero-order valence-corrected chi connectivity index (χ0v) is 22.2.